The molecule has 0 saturated carbocycles. The lowest BCUT2D eigenvalue weighted by Gasteiger charge is -2.41. The molecule has 2 amide bonds. The number of piperidine rings is 1. The molecule has 3 rings (SSSR count). The van der Waals surface area contributed by atoms with Crippen molar-refractivity contribution in [1.82, 2.24) is 25.0 Å². The molecule has 2 heterocycles. The second kappa shape index (κ2) is 7.03. The highest BCUT2D eigenvalue weighted by Gasteiger charge is 2.34. The van der Waals surface area contributed by atoms with Crippen LogP contribution < -0.4 is 5.32 Å². The van der Waals surface area contributed by atoms with Crippen molar-refractivity contribution in [2.75, 3.05) is 13.1 Å². The van der Waals surface area contributed by atoms with Crippen LogP contribution in [0.1, 0.15) is 32.3 Å². The summed E-state index contributed by atoms with van der Waals surface area (Å²) in [6.45, 7) is 6.42. The Kier molecular flexibility index (Phi) is 4.83. The van der Waals surface area contributed by atoms with Crippen molar-refractivity contribution in [3.05, 3.63) is 48.5 Å². The lowest BCUT2D eigenvalue weighted by molar-refractivity contribution is 0.152. The predicted octanol–water partition coefficient (Wildman–Crippen LogP) is 2.43. The zero-order valence-corrected chi connectivity index (χ0v) is 14.4. The monoisotopic (exact) mass is 327 g/mol. The summed E-state index contributed by atoms with van der Waals surface area (Å²) < 4.78 is 1.73. The van der Waals surface area contributed by atoms with Gasteiger partial charge in [0.2, 0.25) is 0 Å². The Morgan fingerprint density at radius 3 is 2.88 bits per heavy atom. The van der Waals surface area contributed by atoms with Gasteiger partial charge in [0.15, 0.2) is 0 Å². The number of carbonyl (C=O) groups is 1. The molecule has 2 atom stereocenters. The summed E-state index contributed by atoms with van der Waals surface area (Å²) in [4.78, 5) is 18.5. The number of likely N-dealkylation sites (tertiary alicyclic amines) is 1. The maximum absolute atomic E-state index is 12.6. The van der Waals surface area contributed by atoms with E-state index in [1.54, 1.807) is 11.0 Å². The van der Waals surface area contributed by atoms with Crippen LogP contribution in [-0.2, 0) is 12.0 Å². The summed E-state index contributed by atoms with van der Waals surface area (Å²) in [5.41, 5.74) is 1.32. The van der Waals surface area contributed by atoms with Gasteiger partial charge < -0.3 is 10.2 Å². The van der Waals surface area contributed by atoms with Crippen molar-refractivity contribution in [2.24, 2.45) is 0 Å². The van der Waals surface area contributed by atoms with Crippen molar-refractivity contribution < 1.29 is 4.79 Å². The Morgan fingerprint density at radius 1 is 1.38 bits per heavy atom. The number of hydrogen-bond donors (Lipinski definition) is 1. The van der Waals surface area contributed by atoms with Gasteiger partial charge in [-0.15, -0.1) is 0 Å². The van der Waals surface area contributed by atoms with Gasteiger partial charge in [0.25, 0.3) is 0 Å². The molecule has 128 valence electrons. The van der Waals surface area contributed by atoms with E-state index in [1.165, 1.54) is 11.9 Å². The zero-order valence-electron chi connectivity index (χ0n) is 14.4. The minimum atomic E-state index is 0.00380. The van der Waals surface area contributed by atoms with E-state index in [1.807, 2.05) is 17.9 Å². The van der Waals surface area contributed by atoms with E-state index in [4.69, 9.17) is 0 Å². The summed E-state index contributed by atoms with van der Waals surface area (Å²) in [6.07, 6.45) is 5.30. The second-order valence-corrected chi connectivity index (χ2v) is 6.92. The number of aromatic nitrogens is 3. The maximum Gasteiger partial charge on any atom is 0.317 e. The molecule has 0 spiro atoms. The first-order valence-electron chi connectivity index (χ1n) is 8.50. The van der Waals surface area contributed by atoms with Crippen molar-refractivity contribution in [2.45, 2.75) is 44.7 Å². The number of benzene rings is 1. The lowest BCUT2D eigenvalue weighted by Crippen LogP contribution is -2.52. The number of nitrogens with one attached hydrogen (secondary N) is 1. The molecule has 1 aliphatic rings. The molecule has 1 aromatic heterocycles. The molecular weight excluding hydrogens is 302 g/mol. The molecule has 0 radical (unpaired) electrons. The number of rotatable bonds is 4. The molecule has 1 aromatic carbocycles. The van der Waals surface area contributed by atoms with E-state index in [0.717, 1.165) is 25.9 Å². The van der Waals surface area contributed by atoms with Crippen LogP contribution in [0.4, 0.5) is 4.79 Å². The van der Waals surface area contributed by atoms with Gasteiger partial charge >= 0.3 is 6.03 Å². The molecule has 1 saturated heterocycles. The first-order chi connectivity index (χ1) is 11.6. The van der Waals surface area contributed by atoms with Crippen LogP contribution in [0.15, 0.2) is 43.0 Å². The van der Waals surface area contributed by atoms with E-state index in [9.17, 15) is 4.79 Å². The highest BCUT2D eigenvalue weighted by molar-refractivity contribution is 5.74. The molecule has 24 heavy (non-hydrogen) atoms. The zero-order chi connectivity index (χ0) is 17.0. The second-order valence-electron chi connectivity index (χ2n) is 6.92. The fourth-order valence-corrected chi connectivity index (χ4v) is 3.44. The van der Waals surface area contributed by atoms with Gasteiger partial charge in [-0.2, -0.15) is 5.10 Å². The van der Waals surface area contributed by atoms with Gasteiger partial charge in [0.05, 0.1) is 6.54 Å². The highest BCUT2D eigenvalue weighted by Crippen LogP contribution is 2.33. The Balaban J connectivity index is 1.61. The summed E-state index contributed by atoms with van der Waals surface area (Å²) in [6, 6.07) is 10.5. The summed E-state index contributed by atoms with van der Waals surface area (Å²) in [7, 11) is 0. The number of hydrogen-bond acceptors (Lipinski definition) is 3. The Labute approximate surface area is 142 Å². The van der Waals surface area contributed by atoms with Crippen LogP contribution >= 0.6 is 0 Å². The average molecular weight is 327 g/mol. The third-order valence-electron chi connectivity index (χ3n) is 4.75. The number of nitrogens with zero attached hydrogens (tertiary/aromatic N) is 4. The van der Waals surface area contributed by atoms with E-state index < -0.39 is 0 Å². The van der Waals surface area contributed by atoms with Gasteiger partial charge in [-0.05, 0) is 25.3 Å². The smallest absolute Gasteiger partial charge is 0.317 e. The quantitative estimate of drug-likeness (QED) is 0.938. The number of amides is 2. The lowest BCUT2D eigenvalue weighted by atomic mass is 9.76. The molecule has 0 aliphatic carbocycles. The topological polar surface area (TPSA) is 63.1 Å². The fraction of sp³-hybridized carbons (Fsp3) is 0.500. The number of urea groups is 1. The van der Waals surface area contributed by atoms with Crippen LogP contribution in [0, 0.1) is 0 Å². The van der Waals surface area contributed by atoms with Gasteiger partial charge in [0, 0.05) is 24.5 Å². The summed E-state index contributed by atoms with van der Waals surface area (Å²) in [5, 5.41) is 7.15. The molecular formula is C18H25N5O. The molecule has 2 aromatic rings. The van der Waals surface area contributed by atoms with Crippen molar-refractivity contribution in [1.29, 1.82) is 0 Å². The number of carbonyl (C=O) groups excluding carboxylic acids is 1. The summed E-state index contributed by atoms with van der Waals surface area (Å²) in [5.74, 6) is 0. The Bertz CT molecular complexity index is 657. The van der Waals surface area contributed by atoms with E-state index in [0.29, 0.717) is 6.54 Å². The third-order valence-corrected chi connectivity index (χ3v) is 4.75. The minimum absolute atomic E-state index is 0.00380. The fourth-order valence-electron chi connectivity index (χ4n) is 3.44. The molecule has 6 heteroatoms. The minimum Gasteiger partial charge on any atom is -0.334 e. The highest BCUT2D eigenvalue weighted by atomic mass is 16.2. The third kappa shape index (κ3) is 3.75. The largest absolute Gasteiger partial charge is 0.334 e. The maximum atomic E-state index is 12.6. The SMILES string of the molecule is C[C@H](Cn1cncn1)NC(=O)N1CCC[C@@](C)(c2ccccc2)C1. The van der Waals surface area contributed by atoms with Crippen molar-refractivity contribution >= 4 is 6.03 Å². The average Bonchev–Trinajstić information content (AvgIpc) is 3.08. The van der Waals surface area contributed by atoms with Crippen LogP contribution in [0.5, 0.6) is 0 Å². The standard InChI is InChI=1S/C18H25N5O/c1-15(11-23-14-19-13-20-23)21-17(24)22-10-6-9-18(2,12-22)16-7-4-3-5-8-16/h3-5,7-8,13-15H,6,9-12H2,1-2H3,(H,21,24)/t15-,18-/m1/s1. The molecule has 0 bridgehead atoms. The van der Waals surface area contributed by atoms with Crippen LogP contribution in [0.2, 0.25) is 0 Å². The summed E-state index contributed by atoms with van der Waals surface area (Å²) >= 11 is 0. The van der Waals surface area contributed by atoms with Gasteiger partial charge in [-0.3, -0.25) is 4.68 Å². The van der Waals surface area contributed by atoms with Crippen molar-refractivity contribution in [3.8, 4) is 0 Å². The molecule has 6 nitrogen and oxygen atoms in total. The first-order valence-corrected chi connectivity index (χ1v) is 8.50. The molecule has 1 aliphatic heterocycles. The van der Waals surface area contributed by atoms with Gasteiger partial charge in [0.1, 0.15) is 12.7 Å². The predicted molar refractivity (Wildman–Crippen MR) is 92.6 cm³/mol. The Hall–Kier alpha value is -2.37. The van der Waals surface area contributed by atoms with Crippen LogP contribution in [0.25, 0.3) is 0 Å². The van der Waals surface area contributed by atoms with Gasteiger partial charge in [-0.1, -0.05) is 37.3 Å². The molecule has 1 N–H and O–H groups in total. The van der Waals surface area contributed by atoms with E-state index in [2.05, 4.69) is 46.6 Å². The first kappa shape index (κ1) is 16.5. The Morgan fingerprint density at radius 2 is 2.17 bits per heavy atom. The van der Waals surface area contributed by atoms with E-state index >= 15 is 0 Å². The van der Waals surface area contributed by atoms with E-state index in [-0.39, 0.29) is 17.5 Å². The normalized spacial score (nSPS) is 22.2. The molecule has 0 unspecified atom stereocenters. The molecule has 1 fully saturated rings. The van der Waals surface area contributed by atoms with Gasteiger partial charge in [-0.25, -0.2) is 9.78 Å². The van der Waals surface area contributed by atoms with Crippen LogP contribution in [0.3, 0.4) is 0 Å². The van der Waals surface area contributed by atoms with Crippen LogP contribution in [-0.4, -0.2) is 44.8 Å². The van der Waals surface area contributed by atoms with Crippen molar-refractivity contribution in [3.63, 3.8) is 0 Å².